The fourth-order valence-corrected chi connectivity index (χ4v) is 2.17. The van der Waals surface area contributed by atoms with Crippen LogP contribution in [0.3, 0.4) is 0 Å². The van der Waals surface area contributed by atoms with E-state index in [2.05, 4.69) is 22.1 Å². The lowest BCUT2D eigenvalue weighted by molar-refractivity contribution is 0.699. The Kier molecular flexibility index (Phi) is 3.21. The Balaban J connectivity index is 1.87. The van der Waals surface area contributed by atoms with Crippen LogP contribution in [-0.4, -0.2) is 9.97 Å². The van der Waals surface area contributed by atoms with Crippen LogP contribution in [0, 0.1) is 0 Å². The fraction of sp³-hybridized carbons (Fsp3) is 0.125. The lowest BCUT2D eigenvalue weighted by Gasteiger charge is -2.11. The van der Waals surface area contributed by atoms with Crippen molar-refractivity contribution in [2.24, 2.45) is 5.73 Å². The van der Waals surface area contributed by atoms with Gasteiger partial charge in [0, 0.05) is 17.8 Å². The highest BCUT2D eigenvalue weighted by atomic mass is 14.8. The van der Waals surface area contributed by atoms with Gasteiger partial charge in [0.05, 0.1) is 17.3 Å². The Labute approximate surface area is 112 Å². The van der Waals surface area contributed by atoms with E-state index in [1.165, 1.54) is 5.56 Å². The summed E-state index contributed by atoms with van der Waals surface area (Å²) in [6.45, 7) is 0. The summed E-state index contributed by atoms with van der Waals surface area (Å²) in [5.41, 5.74) is 9.33. The quantitative estimate of drug-likeness (QED) is 0.776. The van der Waals surface area contributed by atoms with Gasteiger partial charge in [0.25, 0.3) is 0 Å². The number of aromatic nitrogens is 2. The molecule has 1 atom stereocenters. The molecule has 2 heterocycles. The average Bonchev–Trinajstić information content (AvgIpc) is 2.48. The number of hydrogen-bond donors (Lipinski definition) is 1. The third-order valence-corrected chi connectivity index (χ3v) is 3.20. The normalized spacial score (nSPS) is 12.5. The van der Waals surface area contributed by atoms with E-state index >= 15 is 0 Å². The van der Waals surface area contributed by atoms with Gasteiger partial charge in [-0.1, -0.05) is 24.3 Å². The molecule has 94 valence electrons. The van der Waals surface area contributed by atoms with Gasteiger partial charge in [-0.2, -0.15) is 0 Å². The molecule has 3 nitrogen and oxygen atoms in total. The molecule has 0 radical (unpaired) electrons. The first-order valence-electron chi connectivity index (χ1n) is 6.33. The van der Waals surface area contributed by atoms with Gasteiger partial charge in [-0.3, -0.25) is 9.97 Å². The third kappa shape index (κ3) is 2.61. The average molecular weight is 249 g/mol. The van der Waals surface area contributed by atoms with E-state index < -0.39 is 0 Å². The molecule has 0 fully saturated rings. The van der Waals surface area contributed by atoms with Crippen LogP contribution in [0.25, 0.3) is 10.9 Å². The molecule has 0 saturated carbocycles. The molecule has 0 bridgehead atoms. The zero-order valence-corrected chi connectivity index (χ0v) is 10.5. The van der Waals surface area contributed by atoms with Crippen molar-refractivity contribution in [3.63, 3.8) is 0 Å². The van der Waals surface area contributed by atoms with E-state index in [4.69, 9.17) is 5.73 Å². The highest BCUT2D eigenvalue weighted by molar-refractivity contribution is 5.78. The van der Waals surface area contributed by atoms with Crippen LogP contribution < -0.4 is 5.73 Å². The maximum atomic E-state index is 6.24. The minimum Gasteiger partial charge on any atom is -0.322 e. The molecule has 0 amide bonds. The third-order valence-electron chi connectivity index (χ3n) is 3.20. The molecule has 1 aromatic carbocycles. The predicted molar refractivity (Wildman–Crippen MR) is 76.6 cm³/mol. The molecular formula is C16H15N3. The summed E-state index contributed by atoms with van der Waals surface area (Å²) in [5, 5.41) is 1.14. The van der Waals surface area contributed by atoms with Crippen molar-refractivity contribution >= 4 is 10.9 Å². The molecule has 19 heavy (non-hydrogen) atoms. The minimum atomic E-state index is -0.0907. The molecule has 3 aromatic rings. The first-order chi connectivity index (χ1) is 9.33. The molecule has 1 unspecified atom stereocenters. The van der Waals surface area contributed by atoms with Crippen LogP contribution >= 0.6 is 0 Å². The molecule has 0 aliphatic rings. The summed E-state index contributed by atoms with van der Waals surface area (Å²) in [7, 11) is 0. The molecule has 0 aliphatic carbocycles. The van der Waals surface area contributed by atoms with Gasteiger partial charge in [-0.05, 0) is 36.2 Å². The zero-order chi connectivity index (χ0) is 13.1. The summed E-state index contributed by atoms with van der Waals surface area (Å²) in [6.07, 6.45) is 4.35. The summed E-state index contributed by atoms with van der Waals surface area (Å²) in [6, 6.07) is 16.0. The van der Waals surface area contributed by atoms with E-state index in [9.17, 15) is 0 Å². The second-order valence-electron chi connectivity index (χ2n) is 4.59. The van der Waals surface area contributed by atoms with E-state index in [-0.39, 0.29) is 6.04 Å². The van der Waals surface area contributed by atoms with Crippen molar-refractivity contribution in [3.8, 4) is 0 Å². The minimum absolute atomic E-state index is 0.0907. The molecule has 0 spiro atoms. The van der Waals surface area contributed by atoms with E-state index in [1.807, 2.05) is 36.4 Å². The Hall–Kier alpha value is -2.26. The van der Waals surface area contributed by atoms with E-state index in [1.54, 1.807) is 12.4 Å². The fourth-order valence-electron chi connectivity index (χ4n) is 2.17. The van der Waals surface area contributed by atoms with Crippen molar-refractivity contribution in [2.75, 3.05) is 0 Å². The smallest absolute Gasteiger partial charge is 0.0706 e. The maximum absolute atomic E-state index is 6.24. The van der Waals surface area contributed by atoms with Crippen LogP contribution in [0.15, 0.2) is 60.9 Å². The topological polar surface area (TPSA) is 51.8 Å². The molecule has 0 saturated heterocycles. The van der Waals surface area contributed by atoms with Crippen molar-refractivity contribution in [1.82, 2.24) is 9.97 Å². The molecular weight excluding hydrogens is 234 g/mol. The van der Waals surface area contributed by atoms with Crippen molar-refractivity contribution in [3.05, 3.63) is 72.2 Å². The van der Waals surface area contributed by atoms with Crippen LogP contribution in [0.1, 0.15) is 17.3 Å². The highest BCUT2D eigenvalue weighted by Gasteiger charge is 2.09. The number of nitrogens with two attached hydrogens (primary N) is 1. The highest BCUT2D eigenvalue weighted by Crippen LogP contribution is 2.18. The van der Waals surface area contributed by atoms with Gasteiger partial charge in [0.1, 0.15) is 0 Å². The summed E-state index contributed by atoms with van der Waals surface area (Å²) in [5.74, 6) is 0. The van der Waals surface area contributed by atoms with Gasteiger partial charge in [-0.25, -0.2) is 0 Å². The Morgan fingerprint density at radius 2 is 1.74 bits per heavy atom. The molecule has 3 rings (SSSR count). The number of benzene rings is 1. The van der Waals surface area contributed by atoms with Crippen molar-refractivity contribution in [2.45, 2.75) is 12.5 Å². The monoisotopic (exact) mass is 249 g/mol. The van der Waals surface area contributed by atoms with Crippen LogP contribution in [0.5, 0.6) is 0 Å². The predicted octanol–water partition coefficient (Wildman–Crippen LogP) is 2.87. The largest absolute Gasteiger partial charge is 0.322 e. The van der Waals surface area contributed by atoms with Crippen molar-refractivity contribution < 1.29 is 0 Å². The van der Waals surface area contributed by atoms with Crippen LogP contribution in [0.2, 0.25) is 0 Å². The first kappa shape index (κ1) is 11.8. The summed E-state index contributed by atoms with van der Waals surface area (Å²) in [4.78, 5) is 8.64. The van der Waals surface area contributed by atoms with Gasteiger partial charge in [0.15, 0.2) is 0 Å². The van der Waals surface area contributed by atoms with E-state index in [0.717, 1.165) is 23.0 Å². The van der Waals surface area contributed by atoms with Crippen LogP contribution in [-0.2, 0) is 6.42 Å². The number of fused-ring (bicyclic) bond motifs is 1. The summed E-state index contributed by atoms with van der Waals surface area (Å²) >= 11 is 0. The van der Waals surface area contributed by atoms with Gasteiger partial charge < -0.3 is 5.73 Å². The number of nitrogens with zero attached hydrogens (tertiary/aromatic N) is 2. The first-order valence-corrected chi connectivity index (χ1v) is 6.33. The molecule has 3 heteroatoms. The SMILES string of the molecule is NC(Cc1ccncc1)c1ccc2ccccc2n1. The lowest BCUT2D eigenvalue weighted by Crippen LogP contribution is -2.14. The van der Waals surface area contributed by atoms with Gasteiger partial charge in [-0.15, -0.1) is 0 Å². The maximum Gasteiger partial charge on any atom is 0.0706 e. The standard InChI is InChI=1S/C16H15N3/c17-14(11-12-7-9-18-10-8-12)16-6-5-13-3-1-2-4-15(13)19-16/h1-10,14H,11,17H2. The second kappa shape index (κ2) is 5.16. The Morgan fingerprint density at radius 3 is 2.58 bits per heavy atom. The second-order valence-corrected chi connectivity index (χ2v) is 4.59. The zero-order valence-electron chi connectivity index (χ0n) is 10.5. The number of hydrogen-bond acceptors (Lipinski definition) is 3. The van der Waals surface area contributed by atoms with Crippen LogP contribution in [0.4, 0.5) is 0 Å². The number of pyridine rings is 2. The summed E-state index contributed by atoms with van der Waals surface area (Å²) < 4.78 is 0. The number of para-hydroxylation sites is 1. The van der Waals surface area contributed by atoms with Gasteiger partial charge in [0.2, 0.25) is 0 Å². The molecule has 0 aliphatic heterocycles. The number of rotatable bonds is 3. The van der Waals surface area contributed by atoms with Gasteiger partial charge >= 0.3 is 0 Å². The Morgan fingerprint density at radius 1 is 0.947 bits per heavy atom. The Bertz CT molecular complexity index is 680. The lowest BCUT2D eigenvalue weighted by atomic mass is 10.0. The van der Waals surface area contributed by atoms with Crippen molar-refractivity contribution in [1.29, 1.82) is 0 Å². The van der Waals surface area contributed by atoms with E-state index in [0.29, 0.717) is 0 Å². The molecule has 2 aromatic heterocycles. The molecule has 2 N–H and O–H groups in total.